The molecule has 2 aliphatic rings. The smallest absolute Gasteiger partial charge is 0.254 e. The van der Waals surface area contributed by atoms with E-state index in [1.165, 1.54) is 11.1 Å². The Balaban J connectivity index is 1.23. The molecule has 1 fully saturated rings. The lowest BCUT2D eigenvalue weighted by atomic mass is 9.87. The minimum absolute atomic E-state index is 0.00307. The second kappa shape index (κ2) is 10.5. The Hall–Kier alpha value is -3.74. The largest absolute Gasteiger partial charge is 0.371 e. The number of amides is 2. The van der Waals surface area contributed by atoms with Crippen LogP contribution in [0.2, 0.25) is 0 Å². The van der Waals surface area contributed by atoms with Crippen LogP contribution in [0.4, 0.5) is 14.5 Å². The van der Waals surface area contributed by atoms with Gasteiger partial charge < -0.3 is 15.5 Å². The van der Waals surface area contributed by atoms with E-state index in [4.69, 9.17) is 0 Å². The molecule has 1 unspecified atom stereocenters. The van der Waals surface area contributed by atoms with Gasteiger partial charge in [-0.3, -0.25) is 9.59 Å². The van der Waals surface area contributed by atoms with E-state index in [9.17, 15) is 18.4 Å². The molecule has 1 atom stereocenters. The standard InChI is InChI=1S/C29H29F2N3O2/c30-20-12-13-23(25(31)18-20)28(35)32-21-14-16-34(17-15-21)27-11-4-3-9-24(27)29(36)33-26-10-5-7-19-6-1-2-8-22(19)26/h1-4,6,8-9,11-13,18,21,26H,5,7,10,14-17H2,(H,32,35)(H,33,36). The van der Waals surface area contributed by atoms with Gasteiger partial charge in [0.1, 0.15) is 11.6 Å². The molecule has 186 valence electrons. The fourth-order valence-electron chi connectivity index (χ4n) is 5.28. The van der Waals surface area contributed by atoms with E-state index in [0.29, 0.717) is 37.6 Å². The predicted molar refractivity (Wildman–Crippen MR) is 135 cm³/mol. The lowest BCUT2D eigenvalue weighted by Gasteiger charge is -2.35. The monoisotopic (exact) mass is 489 g/mol. The highest BCUT2D eigenvalue weighted by atomic mass is 19.1. The molecular weight excluding hydrogens is 460 g/mol. The lowest BCUT2D eigenvalue weighted by Crippen LogP contribution is -2.45. The summed E-state index contributed by atoms with van der Waals surface area (Å²) in [5.41, 5.74) is 3.84. The highest BCUT2D eigenvalue weighted by Crippen LogP contribution is 2.31. The summed E-state index contributed by atoms with van der Waals surface area (Å²) in [4.78, 5) is 28.0. The first kappa shape index (κ1) is 24.0. The number of aryl methyl sites for hydroxylation is 1. The minimum atomic E-state index is -0.870. The number of benzene rings is 3. The highest BCUT2D eigenvalue weighted by molar-refractivity contribution is 6.00. The summed E-state index contributed by atoms with van der Waals surface area (Å²) >= 11 is 0. The Morgan fingerprint density at radius 2 is 1.53 bits per heavy atom. The maximum absolute atomic E-state index is 14.0. The van der Waals surface area contributed by atoms with Gasteiger partial charge in [-0.05, 0) is 67.5 Å². The van der Waals surface area contributed by atoms with Gasteiger partial charge >= 0.3 is 0 Å². The number of nitrogens with zero attached hydrogens (tertiary/aromatic N) is 1. The first-order chi connectivity index (χ1) is 17.5. The molecule has 0 aromatic heterocycles. The van der Waals surface area contributed by atoms with Crippen molar-refractivity contribution < 1.29 is 18.4 Å². The molecule has 1 aliphatic carbocycles. The number of anilines is 1. The zero-order valence-electron chi connectivity index (χ0n) is 20.0. The Kier molecular flexibility index (Phi) is 6.98. The molecule has 5 nitrogen and oxygen atoms in total. The van der Waals surface area contributed by atoms with Gasteiger partial charge in [0.15, 0.2) is 0 Å². The fourth-order valence-corrected chi connectivity index (χ4v) is 5.28. The van der Waals surface area contributed by atoms with Crippen molar-refractivity contribution in [3.63, 3.8) is 0 Å². The maximum atomic E-state index is 14.0. The number of hydrogen-bond donors (Lipinski definition) is 2. The molecule has 5 rings (SSSR count). The summed E-state index contributed by atoms with van der Waals surface area (Å²) in [6.45, 7) is 1.29. The number of piperidine rings is 1. The van der Waals surface area contributed by atoms with Crippen LogP contribution in [0.1, 0.15) is 63.6 Å². The summed E-state index contributed by atoms with van der Waals surface area (Å²) in [6.07, 6.45) is 4.31. The van der Waals surface area contributed by atoms with Crippen LogP contribution in [0.3, 0.4) is 0 Å². The van der Waals surface area contributed by atoms with E-state index in [0.717, 1.165) is 37.1 Å². The molecule has 2 N–H and O–H groups in total. The van der Waals surface area contributed by atoms with Crippen molar-refractivity contribution in [1.82, 2.24) is 10.6 Å². The van der Waals surface area contributed by atoms with E-state index < -0.39 is 17.5 Å². The third-order valence-corrected chi connectivity index (χ3v) is 7.17. The SMILES string of the molecule is O=C(NC1CCN(c2ccccc2C(=O)NC2CCCc3ccccc32)CC1)c1ccc(F)cc1F. The van der Waals surface area contributed by atoms with Crippen LogP contribution < -0.4 is 15.5 Å². The third kappa shape index (κ3) is 5.10. The molecule has 7 heteroatoms. The number of hydrogen-bond acceptors (Lipinski definition) is 3. The molecule has 36 heavy (non-hydrogen) atoms. The zero-order chi connectivity index (χ0) is 25.1. The van der Waals surface area contributed by atoms with Crippen LogP contribution in [0.15, 0.2) is 66.7 Å². The van der Waals surface area contributed by atoms with Gasteiger partial charge in [0.05, 0.1) is 17.2 Å². The third-order valence-electron chi connectivity index (χ3n) is 7.17. The number of nitrogens with one attached hydrogen (secondary N) is 2. The molecule has 0 spiro atoms. The van der Waals surface area contributed by atoms with Gasteiger partial charge in [0, 0.05) is 30.9 Å². The zero-order valence-corrected chi connectivity index (χ0v) is 20.0. The van der Waals surface area contributed by atoms with Crippen LogP contribution >= 0.6 is 0 Å². The number of carbonyl (C=O) groups is 2. The second-order valence-corrected chi connectivity index (χ2v) is 9.49. The number of rotatable bonds is 5. The number of fused-ring (bicyclic) bond motifs is 1. The van der Waals surface area contributed by atoms with Crippen molar-refractivity contribution in [2.24, 2.45) is 0 Å². The summed E-state index contributed by atoms with van der Waals surface area (Å²) < 4.78 is 27.1. The van der Waals surface area contributed by atoms with Crippen molar-refractivity contribution in [1.29, 1.82) is 0 Å². The number of carbonyl (C=O) groups excluding carboxylic acids is 2. The van der Waals surface area contributed by atoms with E-state index in [1.54, 1.807) is 0 Å². The summed E-state index contributed by atoms with van der Waals surface area (Å²) in [5.74, 6) is -2.22. The minimum Gasteiger partial charge on any atom is -0.371 e. The fraction of sp³-hybridized carbons (Fsp3) is 0.310. The van der Waals surface area contributed by atoms with Crippen LogP contribution in [0.25, 0.3) is 0 Å². The van der Waals surface area contributed by atoms with Crippen molar-refractivity contribution in [3.8, 4) is 0 Å². The van der Waals surface area contributed by atoms with Gasteiger partial charge in [-0.1, -0.05) is 36.4 Å². The van der Waals surface area contributed by atoms with Gasteiger partial charge in [0.2, 0.25) is 0 Å². The van der Waals surface area contributed by atoms with Crippen LogP contribution in [-0.2, 0) is 6.42 Å². The quantitative estimate of drug-likeness (QED) is 0.520. The van der Waals surface area contributed by atoms with E-state index >= 15 is 0 Å². The van der Waals surface area contributed by atoms with Crippen molar-refractivity contribution in [3.05, 3.63) is 101 Å². The average molecular weight is 490 g/mol. The first-order valence-electron chi connectivity index (χ1n) is 12.5. The molecule has 1 aliphatic heterocycles. The number of halogens is 2. The Labute approximate surface area is 209 Å². The molecule has 1 saturated heterocycles. The number of para-hydroxylation sites is 1. The molecule has 0 bridgehead atoms. The molecule has 3 aromatic carbocycles. The average Bonchev–Trinajstić information content (AvgIpc) is 2.89. The topological polar surface area (TPSA) is 61.4 Å². The van der Waals surface area contributed by atoms with Crippen molar-refractivity contribution in [2.75, 3.05) is 18.0 Å². The Bertz CT molecular complexity index is 1270. The summed E-state index contributed by atoms with van der Waals surface area (Å²) in [5, 5.41) is 6.11. The van der Waals surface area contributed by atoms with Crippen LogP contribution in [0, 0.1) is 11.6 Å². The molecular formula is C29H29F2N3O2. The molecule has 0 radical (unpaired) electrons. The Morgan fingerprint density at radius 1 is 0.806 bits per heavy atom. The first-order valence-corrected chi connectivity index (χ1v) is 12.5. The van der Waals surface area contributed by atoms with Gasteiger partial charge in [-0.15, -0.1) is 0 Å². The molecule has 1 heterocycles. The molecule has 3 aromatic rings. The van der Waals surface area contributed by atoms with Crippen LogP contribution in [0.5, 0.6) is 0 Å². The van der Waals surface area contributed by atoms with Gasteiger partial charge in [-0.2, -0.15) is 0 Å². The normalized spacial score (nSPS) is 17.8. The van der Waals surface area contributed by atoms with Crippen molar-refractivity contribution in [2.45, 2.75) is 44.2 Å². The van der Waals surface area contributed by atoms with Crippen LogP contribution in [-0.4, -0.2) is 30.9 Å². The highest BCUT2D eigenvalue weighted by Gasteiger charge is 2.27. The Morgan fingerprint density at radius 3 is 2.33 bits per heavy atom. The van der Waals surface area contributed by atoms with Gasteiger partial charge in [0.25, 0.3) is 11.8 Å². The van der Waals surface area contributed by atoms with E-state index in [-0.39, 0.29) is 23.6 Å². The van der Waals surface area contributed by atoms with E-state index in [1.807, 2.05) is 36.4 Å². The second-order valence-electron chi connectivity index (χ2n) is 9.49. The summed E-state index contributed by atoms with van der Waals surface area (Å²) in [6, 6.07) is 18.7. The predicted octanol–water partition coefficient (Wildman–Crippen LogP) is 5.17. The molecule has 0 saturated carbocycles. The van der Waals surface area contributed by atoms with E-state index in [2.05, 4.69) is 27.7 Å². The maximum Gasteiger partial charge on any atom is 0.254 e. The molecule has 2 amide bonds. The van der Waals surface area contributed by atoms with Gasteiger partial charge in [-0.25, -0.2) is 8.78 Å². The summed E-state index contributed by atoms with van der Waals surface area (Å²) in [7, 11) is 0. The van der Waals surface area contributed by atoms with Crippen molar-refractivity contribution >= 4 is 17.5 Å². The lowest BCUT2D eigenvalue weighted by molar-refractivity contribution is 0.0923.